The van der Waals surface area contributed by atoms with Crippen molar-refractivity contribution in [1.29, 1.82) is 0 Å². The molecule has 1 atom stereocenters. The zero-order valence-corrected chi connectivity index (χ0v) is 18.1. The SMILES string of the molecule is COc1cc2c(cc1OC)C(C)c1c-2n(C)c(=O)c2cc(OC)c(OC)cc12.Cl. The quantitative estimate of drug-likeness (QED) is 0.638. The maximum absolute atomic E-state index is 13.2. The summed E-state index contributed by atoms with van der Waals surface area (Å²) in [6.07, 6.45) is 0. The van der Waals surface area contributed by atoms with Crippen molar-refractivity contribution >= 4 is 23.2 Å². The van der Waals surface area contributed by atoms with Crippen LogP contribution in [-0.2, 0) is 7.05 Å². The van der Waals surface area contributed by atoms with E-state index in [1.54, 1.807) is 46.1 Å². The summed E-state index contributed by atoms with van der Waals surface area (Å²) < 4.78 is 23.6. The monoisotopic (exact) mass is 417 g/mol. The molecule has 7 heteroatoms. The Morgan fingerprint density at radius 1 is 0.793 bits per heavy atom. The van der Waals surface area contributed by atoms with Crippen LogP contribution in [0.15, 0.2) is 29.1 Å². The number of benzene rings is 2. The van der Waals surface area contributed by atoms with Crippen molar-refractivity contribution < 1.29 is 18.9 Å². The molecule has 0 radical (unpaired) electrons. The number of rotatable bonds is 4. The van der Waals surface area contributed by atoms with E-state index in [4.69, 9.17) is 18.9 Å². The molecule has 3 aromatic rings. The van der Waals surface area contributed by atoms with E-state index >= 15 is 0 Å². The number of aromatic nitrogens is 1. The van der Waals surface area contributed by atoms with Gasteiger partial charge in [0.05, 0.1) is 39.5 Å². The van der Waals surface area contributed by atoms with Gasteiger partial charge in [-0.05, 0) is 40.8 Å². The van der Waals surface area contributed by atoms with E-state index in [-0.39, 0.29) is 23.9 Å². The Kier molecular flexibility index (Phi) is 5.41. The van der Waals surface area contributed by atoms with Crippen molar-refractivity contribution in [3.05, 3.63) is 45.7 Å². The Labute approximate surface area is 175 Å². The molecule has 0 bridgehead atoms. The first-order valence-electron chi connectivity index (χ1n) is 9.01. The van der Waals surface area contributed by atoms with E-state index in [2.05, 4.69) is 6.92 Å². The Bertz CT molecular complexity index is 1170. The van der Waals surface area contributed by atoms with Gasteiger partial charge in [0.25, 0.3) is 5.56 Å². The van der Waals surface area contributed by atoms with Crippen LogP contribution in [0.4, 0.5) is 0 Å². The fourth-order valence-corrected chi connectivity index (χ4v) is 4.25. The van der Waals surface area contributed by atoms with Crippen molar-refractivity contribution in [1.82, 2.24) is 4.57 Å². The van der Waals surface area contributed by atoms with Crippen molar-refractivity contribution in [3.8, 4) is 34.3 Å². The highest BCUT2D eigenvalue weighted by molar-refractivity contribution is 5.96. The highest BCUT2D eigenvalue weighted by Gasteiger charge is 2.32. The van der Waals surface area contributed by atoms with Crippen LogP contribution in [-0.4, -0.2) is 33.0 Å². The van der Waals surface area contributed by atoms with Crippen LogP contribution in [0.5, 0.6) is 23.0 Å². The second-order valence-electron chi connectivity index (χ2n) is 6.90. The van der Waals surface area contributed by atoms with Gasteiger partial charge >= 0.3 is 0 Å². The van der Waals surface area contributed by atoms with Crippen LogP contribution in [0.1, 0.15) is 24.0 Å². The fourth-order valence-electron chi connectivity index (χ4n) is 4.25. The number of hydrogen-bond acceptors (Lipinski definition) is 5. The minimum Gasteiger partial charge on any atom is -0.493 e. The zero-order valence-electron chi connectivity index (χ0n) is 17.3. The fraction of sp³-hybridized carbons (Fsp3) is 0.318. The number of ether oxygens (including phenoxy) is 4. The van der Waals surface area contributed by atoms with E-state index in [9.17, 15) is 4.79 Å². The maximum atomic E-state index is 13.2. The molecular formula is C22H24ClNO5. The van der Waals surface area contributed by atoms with Gasteiger partial charge in [-0.1, -0.05) is 6.92 Å². The summed E-state index contributed by atoms with van der Waals surface area (Å²) in [5.41, 5.74) is 3.99. The second kappa shape index (κ2) is 7.52. The standard InChI is InChI=1S/C22H23NO5.ClH/c1-11-12-7-16(25-3)18(27-5)9-14(12)21-20(11)13-8-17(26-4)19(28-6)10-15(13)22(24)23(21)2;/h7-11H,1-6H3;1H. The molecule has 0 aliphatic heterocycles. The maximum Gasteiger partial charge on any atom is 0.258 e. The van der Waals surface area contributed by atoms with Crippen molar-refractivity contribution in [2.24, 2.45) is 7.05 Å². The van der Waals surface area contributed by atoms with Gasteiger partial charge in [-0.25, -0.2) is 0 Å². The lowest BCUT2D eigenvalue weighted by Gasteiger charge is -2.16. The molecule has 29 heavy (non-hydrogen) atoms. The van der Waals surface area contributed by atoms with Gasteiger partial charge in [-0.2, -0.15) is 0 Å². The largest absolute Gasteiger partial charge is 0.493 e. The minimum atomic E-state index is -0.0791. The van der Waals surface area contributed by atoms with Gasteiger partial charge in [0.1, 0.15) is 0 Å². The molecule has 6 nitrogen and oxygen atoms in total. The summed E-state index contributed by atoms with van der Waals surface area (Å²) in [6, 6.07) is 7.59. The number of pyridine rings is 1. The van der Waals surface area contributed by atoms with E-state index in [0.29, 0.717) is 28.4 Å². The van der Waals surface area contributed by atoms with Crippen LogP contribution in [0.3, 0.4) is 0 Å². The van der Waals surface area contributed by atoms with Gasteiger partial charge in [0, 0.05) is 18.5 Å². The molecule has 154 valence electrons. The molecule has 1 unspecified atom stereocenters. The van der Waals surface area contributed by atoms with Gasteiger partial charge in [-0.15, -0.1) is 12.4 Å². The van der Waals surface area contributed by atoms with Crippen molar-refractivity contribution in [2.45, 2.75) is 12.8 Å². The molecule has 2 aromatic carbocycles. The third-order valence-electron chi connectivity index (χ3n) is 5.65. The molecule has 0 amide bonds. The summed E-state index contributed by atoms with van der Waals surface area (Å²) in [4.78, 5) is 13.2. The lowest BCUT2D eigenvalue weighted by molar-refractivity contribution is 0.354. The summed E-state index contributed by atoms with van der Waals surface area (Å²) >= 11 is 0. The van der Waals surface area contributed by atoms with Crippen LogP contribution < -0.4 is 24.5 Å². The third-order valence-corrected chi connectivity index (χ3v) is 5.65. The normalized spacial score (nSPS) is 14.1. The number of nitrogens with zero attached hydrogens (tertiary/aromatic N) is 1. The van der Waals surface area contributed by atoms with Crippen molar-refractivity contribution in [3.63, 3.8) is 0 Å². The van der Waals surface area contributed by atoms with Crippen LogP contribution in [0, 0.1) is 0 Å². The van der Waals surface area contributed by atoms with E-state index < -0.39 is 0 Å². The molecule has 1 aromatic heterocycles. The topological polar surface area (TPSA) is 58.9 Å². The van der Waals surface area contributed by atoms with Crippen LogP contribution in [0.25, 0.3) is 22.0 Å². The van der Waals surface area contributed by atoms with Crippen LogP contribution in [0.2, 0.25) is 0 Å². The summed E-state index contributed by atoms with van der Waals surface area (Å²) in [6.45, 7) is 2.14. The summed E-state index contributed by atoms with van der Waals surface area (Å²) in [7, 11) is 8.20. The zero-order chi connectivity index (χ0) is 20.2. The molecule has 1 aliphatic rings. The molecular weight excluding hydrogens is 394 g/mol. The molecule has 4 rings (SSSR count). The van der Waals surface area contributed by atoms with E-state index in [0.717, 1.165) is 27.8 Å². The first kappa shape index (κ1) is 20.9. The molecule has 0 N–H and O–H groups in total. The predicted octanol–water partition coefficient (Wildman–Crippen LogP) is 4.13. The molecule has 0 saturated carbocycles. The molecule has 1 heterocycles. The summed E-state index contributed by atoms with van der Waals surface area (Å²) in [5, 5.41) is 1.48. The number of hydrogen-bond donors (Lipinski definition) is 0. The third kappa shape index (κ3) is 2.82. The lowest BCUT2D eigenvalue weighted by atomic mass is 9.95. The second-order valence-corrected chi connectivity index (χ2v) is 6.90. The smallest absolute Gasteiger partial charge is 0.258 e. The molecule has 1 aliphatic carbocycles. The molecule has 0 spiro atoms. The lowest BCUT2D eigenvalue weighted by Crippen LogP contribution is -2.19. The predicted molar refractivity (Wildman–Crippen MR) is 116 cm³/mol. The number of methoxy groups -OCH3 is 4. The van der Waals surface area contributed by atoms with E-state index in [1.165, 1.54) is 0 Å². The Morgan fingerprint density at radius 3 is 1.83 bits per heavy atom. The van der Waals surface area contributed by atoms with Gasteiger partial charge in [-0.3, -0.25) is 4.79 Å². The summed E-state index contributed by atoms with van der Waals surface area (Å²) in [5.74, 6) is 2.54. The first-order chi connectivity index (χ1) is 13.5. The van der Waals surface area contributed by atoms with Crippen molar-refractivity contribution in [2.75, 3.05) is 28.4 Å². The van der Waals surface area contributed by atoms with Gasteiger partial charge in [0.15, 0.2) is 23.0 Å². The molecule has 0 fully saturated rings. The van der Waals surface area contributed by atoms with Crippen LogP contribution >= 0.6 is 12.4 Å². The average molecular weight is 418 g/mol. The Balaban J connectivity index is 0.00000240. The number of halogens is 1. The Morgan fingerprint density at radius 2 is 1.28 bits per heavy atom. The van der Waals surface area contributed by atoms with Gasteiger partial charge < -0.3 is 23.5 Å². The Hall–Kier alpha value is -2.86. The average Bonchev–Trinajstić information content (AvgIpc) is 3.01. The highest BCUT2D eigenvalue weighted by atomic mass is 35.5. The van der Waals surface area contributed by atoms with Gasteiger partial charge in [0.2, 0.25) is 0 Å². The highest BCUT2D eigenvalue weighted by Crippen LogP contribution is 2.50. The van der Waals surface area contributed by atoms with E-state index in [1.807, 2.05) is 18.2 Å². The molecule has 0 saturated heterocycles. The minimum absolute atomic E-state index is 0. The first-order valence-corrected chi connectivity index (χ1v) is 9.01. The number of fused-ring (bicyclic) bond motifs is 5.